The van der Waals surface area contributed by atoms with Crippen LogP contribution in [0.3, 0.4) is 0 Å². The van der Waals surface area contributed by atoms with Crippen molar-refractivity contribution in [3.05, 3.63) is 35.9 Å². The number of ketones is 1. The average Bonchev–Trinajstić information content (AvgIpc) is 2.52. The molecule has 2 heteroatoms. The van der Waals surface area contributed by atoms with Crippen molar-refractivity contribution in [2.75, 3.05) is 6.61 Å². The Balaban J connectivity index is 2.18. The van der Waals surface area contributed by atoms with Crippen LogP contribution < -0.4 is 0 Å². The number of carbonyl (C=O) groups is 1. The lowest BCUT2D eigenvalue weighted by Gasteiger charge is -2.32. The molecule has 0 bridgehead atoms. The van der Waals surface area contributed by atoms with Gasteiger partial charge in [0.25, 0.3) is 0 Å². The van der Waals surface area contributed by atoms with Gasteiger partial charge in [0.15, 0.2) is 5.78 Å². The van der Waals surface area contributed by atoms with Crippen molar-refractivity contribution >= 4 is 5.78 Å². The van der Waals surface area contributed by atoms with E-state index < -0.39 is 0 Å². The number of ether oxygens (including phenoxy) is 1. The maximum absolute atomic E-state index is 12.9. The van der Waals surface area contributed by atoms with Gasteiger partial charge in [-0.2, -0.15) is 0 Å². The van der Waals surface area contributed by atoms with Crippen molar-refractivity contribution in [3.63, 3.8) is 0 Å². The van der Waals surface area contributed by atoms with E-state index in [-0.39, 0.29) is 12.0 Å². The predicted octanol–water partition coefficient (Wildman–Crippen LogP) is 4.55. The zero-order valence-corrected chi connectivity index (χ0v) is 12.7. The third-order valence-corrected chi connectivity index (χ3v) is 4.49. The van der Waals surface area contributed by atoms with Crippen molar-refractivity contribution in [1.29, 1.82) is 0 Å². The van der Waals surface area contributed by atoms with E-state index in [4.69, 9.17) is 4.74 Å². The second-order valence-electron chi connectivity index (χ2n) is 5.71. The van der Waals surface area contributed by atoms with Gasteiger partial charge in [-0.1, -0.05) is 56.5 Å². The molecule has 1 aliphatic carbocycles. The quantitative estimate of drug-likeness (QED) is 0.760. The van der Waals surface area contributed by atoms with Crippen LogP contribution in [0.2, 0.25) is 0 Å². The third-order valence-electron chi connectivity index (χ3n) is 4.49. The smallest absolute Gasteiger partial charge is 0.169 e. The monoisotopic (exact) mass is 274 g/mol. The molecule has 0 amide bonds. The molecular weight excluding hydrogens is 248 g/mol. The summed E-state index contributed by atoms with van der Waals surface area (Å²) in [6, 6.07) is 9.94. The molecule has 1 aromatic carbocycles. The maximum atomic E-state index is 12.9. The number of hydrogen-bond donors (Lipinski definition) is 0. The van der Waals surface area contributed by atoms with Gasteiger partial charge in [0.1, 0.15) is 6.10 Å². The van der Waals surface area contributed by atoms with Gasteiger partial charge in [-0.05, 0) is 31.2 Å². The van der Waals surface area contributed by atoms with Gasteiger partial charge < -0.3 is 4.74 Å². The molecule has 0 spiro atoms. The Labute approximate surface area is 122 Å². The molecule has 110 valence electrons. The lowest BCUT2D eigenvalue weighted by molar-refractivity contribution is -0.137. The van der Waals surface area contributed by atoms with E-state index >= 15 is 0 Å². The van der Waals surface area contributed by atoms with Crippen LogP contribution in [-0.2, 0) is 9.53 Å². The normalized spacial score (nSPS) is 24.3. The fraction of sp³-hybridized carbons (Fsp3) is 0.611. The molecule has 3 atom stereocenters. The minimum Gasteiger partial charge on any atom is -0.366 e. The van der Waals surface area contributed by atoms with Crippen LogP contribution in [0, 0.1) is 11.8 Å². The Hall–Kier alpha value is -1.15. The summed E-state index contributed by atoms with van der Waals surface area (Å²) < 4.78 is 5.79. The van der Waals surface area contributed by atoms with Gasteiger partial charge in [0.05, 0.1) is 0 Å². The molecule has 1 fully saturated rings. The average molecular weight is 274 g/mol. The molecule has 0 N–H and O–H groups in total. The van der Waals surface area contributed by atoms with Gasteiger partial charge in [0, 0.05) is 12.5 Å². The summed E-state index contributed by atoms with van der Waals surface area (Å²) in [5.74, 6) is 1.03. The van der Waals surface area contributed by atoms with Gasteiger partial charge in [0.2, 0.25) is 0 Å². The van der Waals surface area contributed by atoms with Crippen molar-refractivity contribution < 1.29 is 9.53 Å². The summed E-state index contributed by atoms with van der Waals surface area (Å²) in [4.78, 5) is 12.9. The topological polar surface area (TPSA) is 26.3 Å². The Bertz CT molecular complexity index is 413. The van der Waals surface area contributed by atoms with Crippen molar-refractivity contribution in [3.8, 4) is 0 Å². The predicted molar refractivity (Wildman–Crippen MR) is 81.6 cm³/mol. The highest BCUT2D eigenvalue weighted by molar-refractivity contribution is 5.87. The Morgan fingerprint density at radius 1 is 1.20 bits per heavy atom. The van der Waals surface area contributed by atoms with Crippen molar-refractivity contribution in [2.45, 2.75) is 52.1 Å². The van der Waals surface area contributed by atoms with Crippen LogP contribution >= 0.6 is 0 Å². The van der Waals surface area contributed by atoms with E-state index in [9.17, 15) is 4.79 Å². The van der Waals surface area contributed by atoms with Crippen molar-refractivity contribution in [1.82, 2.24) is 0 Å². The molecule has 2 rings (SSSR count). The maximum Gasteiger partial charge on any atom is 0.169 e. The second kappa shape index (κ2) is 7.58. The summed E-state index contributed by atoms with van der Waals surface area (Å²) in [6.07, 6.45) is 5.41. The van der Waals surface area contributed by atoms with E-state index in [2.05, 4.69) is 6.92 Å². The van der Waals surface area contributed by atoms with Gasteiger partial charge >= 0.3 is 0 Å². The molecule has 0 aromatic heterocycles. The van der Waals surface area contributed by atoms with Gasteiger partial charge in [-0.25, -0.2) is 0 Å². The molecular formula is C18H26O2. The van der Waals surface area contributed by atoms with Crippen LogP contribution in [0.25, 0.3) is 0 Å². The first kappa shape index (κ1) is 15.2. The molecule has 0 aliphatic heterocycles. The molecule has 3 unspecified atom stereocenters. The summed E-state index contributed by atoms with van der Waals surface area (Å²) in [5, 5.41) is 0. The molecule has 2 nitrogen and oxygen atoms in total. The standard InChI is InChI=1S/C18H26O2/c1-3-14-10-8-9-13-16(14)17(19)18(20-4-2)15-11-6-5-7-12-15/h5-7,11-12,14,16,18H,3-4,8-10,13H2,1-2H3. The zero-order chi connectivity index (χ0) is 14.4. The summed E-state index contributed by atoms with van der Waals surface area (Å²) in [5.41, 5.74) is 1.000. The van der Waals surface area contributed by atoms with E-state index in [0.717, 1.165) is 18.4 Å². The Morgan fingerprint density at radius 3 is 2.55 bits per heavy atom. The van der Waals surface area contributed by atoms with Crippen molar-refractivity contribution in [2.24, 2.45) is 11.8 Å². The zero-order valence-electron chi connectivity index (χ0n) is 12.7. The first-order valence-electron chi connectivity index (χ1n) is 7.98. The minimum atomic E-state index is -0.377. The first-order valence-corrected chi connectivity index (χ1v) is 7.98. The molecule has 20 heavy (non-hydrogen) atoms. The van der Waals surface area contributed by atoms with Crippen LogP contribution in [0.5, 0.6) is 0 Å². The third kappa shape index (κ3) is 3.49. The summed E-state index contributed by atoms with van der Waals surface area (Å²) in [6.45, 7) is 4.74. The molecule has 0 heterocycles. The summed E-state index contributed by atoms with van der Waals surface area (Å²) >= 11 is 0. The summed E-state index contributed by atoms with van der Waals surface area (Å²) in [7, 11) is 0. The lowest BCUT2D eigenvalue weighted by Crippen LogP contribution is -2.32. The second-order valence-corrected chi connectivity index (χ2v) is 5.71. The molecule has 0 radical (unpaired) electrons. The van der Waals surface area contributed by atoms with Crippen LogP contribution in [0.4, 0.5) is 0 Å². The SMILES string of the molecule is CCOC(C(=O)C1CCCCC1CC)c1ccccc1. The Kier molecular flexibility index (Phi) is 5.78. The number of rotatable bonds is 6. The van der Waals surface area contributed by atoms with Gasteiger partial charge in [-0.3, -0.25) is 4.79 Å². The number of carbonyl (C=O) groups excluding carboxylic acids is 1. The highest BCUT2D eigenvalue weighted by atomic mass is 16.5. The molecule has 1 aliphatic rings. The fourth-order valence-electron chi connectivity index (χ4n) is 3.40. The number of Topliss-reactive ketones (excluding diaryl/α,β-unsaturated/α-hetero) is 1. The van der Waals surface area contributed by atoms with E-state index in [1.165, 1.54) is 19.3 Å². The minimum absolute atomic E-state index is 0.186. The Morgan fingerprint density at radius 2 is 1.90 bits per heavy atom. The molecule has 1 aromatic rings. The molecule has 1 saturated carbocycles. The number of hydrogen-bond acceptors (Lipinski definition) is 2. The highest BCUT2D eigenvalue weighted by Crippen LogP contribution is 2.36. The van der Waals surface area contributed by atoms with Gasteiger partial charge in [-0.15, -0.1) is 0 Å². The first-order chi connectivity index (χ1) is 9.77. The molecule has 0 saturated heterocycles. The van der Waals surface area contributed by atoms with Crippen LogP contribution in [0.1, 0.15) is 57.6 Å². The van der Waals surface area contributed by atoms with Crippen LogP contribution in [0.15, 0.2) is 30.3 Å². The number of benzene rings is 1. The van der Waals surface area contributed by atoms with E-state index in [1.54, 1.807) is 0 Å². The van der Waals surface area contributed by atoms with E-state index in [0.29, 0.717) is 18.3 Å². The lowest BCUT2D eigenvalue weighted by atomic mass is 9.74. The fourth-order valence-corrected chi connectivity index (χ4v) is 3.40. The van der Waals surface area contributed by atoms with Crippen LogP contribution in [-0.4, -0.2) is 12.4 Å². The van der Waals surface area contributed by atoms with E-state index in [1.807, 2.05) is 37.3 Å². The highest BCUT2D eigenvalue weighted by Gasteiger charge is 2.34. The largest absolute Gasteiger partial charge is 0.366 e.